The summed E-state index contributed by atoms with van der Waals surface area (Å²) in [5, 5.41) is 12.2. The number of hydrogen-bond acceptors (Lipinski definition) is 5. The number of carbonyl (C=O) groups is 1. The largest absolute Gasteiger partial charge is 0.480 e. The molecule has 2 rings (SSSR count). The Bertz CT molecular complexity index is 555. The maximum atomic E-state index is 10.3. The molecule has 0 aliphatic carbocycles. The number of hydrogen-bond donors (Lipinski definition) is 1. The summed E-state index contributed by atoms with van der Waals surface area (Å²) >= 11 is 3.35. The van der Waals surface area contributed by atoms with E-state index < -0.39 is 12.6 Å². The van der Waals surface area contributed by atoms with Gasteiger partial charge in [0.15, 0.2) is 0 Å². The molecule has 1 heterocycles. The summed E-state index contributed by atoms with van der Waals surface area (Å²) in [5.74, 6) is -0.363. The number of carboxylic acid groups (broad SMARTS) is 1. The van der Waals surface area contributed by atoms with Crippen molar-refractivity contribution in [3.05, 3.63) is 34.6 Å². The molecule has 0 aliphatic heterocycles. The van der Waals surface area contributed by atoms with Gasteiger partial charge in [0.25, 0.3) is 5.89 Å². The molecule has 6 nitrogen and oxygen atoms in total. The molecule has 0 saturated carbocycles. The summed E-state index contributed by atoms with van der Waals surface area (Å²) in [4.78, 5) is 14.4. The number of nitrogens with zero attached hydrogens (tertiary/aromatic N) is 2. The van der Waals surface area contributed by atoms with Gasteiger partial charge in [0, 0.05) is 10.0 Å². The molecule has 0 spiro atoms. The van der Waals surface area contributed by atoms with Crippen molar-refractivity contribution in [3.8, 4) is 11.4 Å². The first-order chi connectivity index (χ1) is 8.65. The lowest BCUT2D eigenvalue weighted by Gasteiger charge is -1.95. The Labute approximate surface area is 111 Å². The number of ether oxygens (including phenoxy) is 1. The first-order valence-electron chi connectivity index (χ1n) is 5.03. The van der Waals surface area contributed by atoms with E-state index in [1.165, 1.54) is 0 Å². The second-order valence-corrected chi connectivity index (χ2v) is 4.32. The van der Waals surface area contributed by atoms with Gasteiger partial charge in [0.1, 0.15) is 13.2 Å². The molecule has 18 heavy (non-hydrogen) atoms. The molecule has 1 aromatic carbocycles. The van der Waals surface area contributed by atoms with E-state index in [1.54, 1.807) is 0 Å². The van der Waals surface area contributed by atoms with Crippen molar-refractivity contribution in [2.45, 2.75) is 6.61 Å². The van der Waals surface area contributed by atoms with Crippen molar-refractivity contribution >= 4 is 21.9 Å². The highest BCUT2D eigenvalue weighted by Crippen LogP contribution is 2.20. The van der Waals surface area contributed by atoms with Gasteiger partial charge in [0.2, 0.25) is 5.82 Å². The van der Waals surface area contributed by atoms with Crippen LogP contribution in [0.3, 0.4) is 0 Å². The Morgan fingerprint density at radius 3 is 3.06 bits per heavy atom. The van der Waals surface area contributed by atoms with Crippen LogP contribution in [0.2, 0.25) is 0 Å². The number of aliphatic carboxylic acids is 1. The molecule has 0 aliphatic rings. The Morgan fingerprint density at radius 1 is 1.50 bits per heavy atom. The lowest BCUT2D eigenvalue weighted by molar-refractivity contribution is -0.142. The smallest absolute Gasteiger partial charge is 0.329 e. The average Bonchev–Trinajstić information content (AvgIpc) is 2.77. The predicted octanol–water partition coefficient (Wildman–Crippen LogP) is 2.10. The van der Waals surface area contributed by atoms with E-state index in [9.17, 15) is 4.79 Å². The number of halogens is 1. The average molecular weight is 313 g/mol. The molecule has 1 N–H and O–H groups in total. The minimum atomic E-state index is -1.04. The summed E-state index contributed by atoms with van der Waals surface area (Å²) in [7, 11) is 0. The maximum absolute atomic E-state index is 10.3. The second kappa shape index (κ2) is 5.74. The summed E-state index contributed by atoms with van der Waals surface area (Å²) in [6.07, 6.45) is 0. The Morgan fingerprint density at radius 2 is 2.33 bits per heavy atom. The fraction of sp³-hybridized carbons (Fsp3) is 0.182. The lowest BCUT2D eigenvalue weighted by Crippen LogP contribution is -2.06. The van der Waals surface area contributed by atoms with Gasteiger partial charge in [-0.15, -0.1) is 0 Å². The van der Waals surface area contributed by atoms with Crippen molar-refractivity contribution in [1.29, 1.82) is 0 Å². The number of aromatic nitrogens is 2. The quantitative estimate of drug-likeness (QED) is 0.910. The summed E-state index contributed by atoms with van der Waals surface area (Å²) in [6.45, 7) is -0.415. The van der Waals surface area contributed by atoms with Crippen LogP contribution in [0.4, 0.5) is 0 Å². The van der Waals surface area contributed by atoms with E-state index in [0.29, 0.717) is 5.82 Å². The van der Waals surface area contributed by atoms with Crippen LogP contribution in [0.1, 0.15) is 5.89 Å². The summed E-state index contributed by atoms with van der Waals surface area (Å²) < 4.78 is 10.7. The van der Waals surface area contributed by atoms with Crippen molar-refractivity contribution in [2.75, 3.05) is 6.61 Å². The van der Waals surface area contributed by atoms with Gasteiger partial charge in [-0.2, -0.15) is 4.98 Å². The van der Waals surface area contributed by atoms with Gasteiger partial charge >= 0.3 is 5.97 Å². The molecule has 0 bridgehead atoms. The Balaban J connectivity index is 2.04. The normalized spacial score (nSPS) is 10.5. The first-order valence-corrected chi connectivity index (χ1v) is 5.82. The van der Waals surface area contributed by atoms with Crippen LogP contribution in [-0.2, 0) is 16.1 Å². The molecule has 0 saturated heterocycles. The molecule has 0 amide bonds. The van der Waals surface area contributed by atoms with E-state index in [1.807, 2.05) is 24.3 Å². The number of carboxylic acids is 1. The third-order valence-electron chi connectivity index (χ3n) is 2.00. The topological polar surface area (TPSA) is 85.5 Å². The third kappa shape index (κ3) is 3.38. The first kappa shape index (κ1) is 12.7. The van der Waals surface area contributed by atoms with Crippen LogP contribution in [0.15, 0.2) is 33.3 Å². The molecule has 0 fully saturated rings. The van der Waals surface area contributed by atoms with Gasteiger partial charge in [-0.05, 0) is 12.1 Å². The molecule has 94 valence electrons. The molecular weight excluding hydrogens is 304 g/mol. The zero-order valence-electron chi connectivity index (χ0n) is 9.17. The number of rotatable bonds is 5. The lowest BCUT2D eigenvalue weighted by atomic mass is 10.2. The van der Waals surface area contributed by atoms with E-state index in [4.69, 9.17) is 14.4 Å². The van der Waals surface area contributed by atoms with Crippen molar-refractivity contribution in [1.82, 2.24) is 10.1 Å². The van der Waals surface area contributed by atoms with Crippen molar-refractivity contribution < 1.29 is 19.2 Å². The van der Waals surface area contributed by atoms with E-state index in [-0.39, 0.29) is 12.5 Å². The summed E-state index contributed by atoms with van der Waals surface area (Å²) in [5.41, 5.74) is 0.803. The molecule has 0 radical (unpaired) electrons. The van der Waals surface area contributed by atoms with Gasteiger partial charge in [-0.25, -0.2) is 4.79 Å². The molecule has 0 unspecified atom stereocenters. The van der Waals surface area contributed by atoms with Crippen molar-refractivity contribution in [2.24, 2.45) is 0 Å². The Hall–Kier alpha value is -1.73. The predicted molar refractivity (Wildman–Crippen MR) is 64.7 cm³/mol. The standard InChI is InChI=1S/C11H9BrN2O4/c12-8-3-1-2-7(4-8)11-13-9(18-14-11)5-17-6-10(15)16/h1-4H,5-6H2,(H,15,16). The van der Waals surface area contributed by atoms with Gasteiger partial charge in [-0.3, -0.25) is 0 Å². The number of benzene rings is 1. The minimum absolute atomic E-state index is 0.0205. The fourth-order valence-electron chi connectivity index (χ4n) is 1.28. The minimum Gasteiger partial charge on any atom is -0.480 e. The molecule has 7 heteroatoms. The van der Waals surface area contributed by atoms with Gasteiger partial charge < -0.3 is 14.4 Å². The zero-order valence-corrected chi connectivity index (χ0v) is 10.8. The maximum Gasteiger partial charge on any atom is 0.329 e. The fourth-order valence-corrected chi connectivity index (χ4v) is 1.68. The monoisotopic (exact) mass is 312 g/mol. The highest BCUT2D eigenvalue weighted by molar-refractivity contribution is 9.10. The van der Waals surface area contributed by atoms with E-state index in [0.717, 1.165) is 10.0 Å². The van der Waals surface area contributed by atoms with Crippen LogP contribution >= 0.6 is 15.9 Å². The van der Waals surface area contributed by atoms with Crippen LogP contribution in [-0.4, -0.2) is 27.8 Å². The van der Waals surface area contributed by atoms with Crippen LogP contribution in [0, 0.1) is 0 Å². The SMILES string of the molecule is O=C(O)COCc1nc(-c2cccc(Br)c2)no1. The summed E-state index contributed by atoms with van der Waals surface area (Å²) in [6, 6.07) is 7.45. The molecule has 2 aromatic rings. The van der Waals surface area contributed by atoms with Crippen LogP contribution < -0.4 is 0 Å². The highest BCUT2D eigenvalue weighted by atomic mass is 79.9. The van der Waals surface area contributed by atoms with Crippen molar-refractivity contribution in [3.63, 3.8) is 0 Å². The highest BCUT2D eigenvalue weighted by Gasteiger charge is 2.09. The van der Waals surface area contributed by atoms with Crippen LogP contribution in [0.5, 0.6) is 0 Å². The van der Waals surface area contributed by atoms with E-state index >= 15 is 0 Å². The zero-order chi connectivity index (χ0) is 13.0. The third-order valence-corrected chi connectivity index (χ3v) is 2.50. The van der Waals surface area contributed by atoms with Gasteiger partial charge in [-0.1, -0.05) is 33.2 Å². The second-order valence-electron chi connectivity index (χ2n) is 3.41. The molecular formula is C11H9BrN2O4. The van der Waals surface area contributed by atoms with Gasteiger partial charge in [0.05, 0.1) is 0 Å². The molecule has 1 aromatic heterocycles. The molecule has 0 atom stereocenters. The Kier molecular flexibility index (Phi) is 4.06. The van der Waals surface area contributed by atoms with E-state index in [2.05, 4.69) is 26.1 Å². The van der Waals surface area contributed by atoms with Crippen LogP contribution in [0.25, 0.3) is 11.4 Å².